The third kappa shape index (κ3) is 2.19. The maximum atomic E-state index is 4.25. The lowest BCUT2D eigenvalue weighted by Gasteiger charge is -2.13. The van der Waals surface area contributed by atoms with Crippen molar-refractivity contribution in [3.8, 4) is 0 Å². The predicted octanol–water partition coefficient (Wildman–Crippen LogP) is 2.17. The van der Waals surface area contributed by atoms with Gasteiger partial charge in [0, 0.05) is 23.2 Å². The molecule has 3 heteroatoms. The van der Waals surface area contributed by atoms with Crippen LogP contribution in [0.5, 0.6) is 0 Å². The minimum atomic E-state index is 0.472. The number of nitrogens with zero attached hydrogens (tertiary/aromatic N) is 2. The molecule has 1 atom stereocenters. The Hall–Kier alpha value is -1.48. The minimum Gasteiger partial charge on any atom is -0.317 e. The maximum Gasteiger partial charge on any atom is 0.0724 e. The molecule has 0 bridgehead atoms. The van der Waals surface area contributed by atoms with Crippen LogP contribution in [-0.4, -0.2) is 23.3 Å². The number of rotatable bonds is 4. The van der Waals surface area contributed by atoms with E-state index in [9.17, 15) is 0 Å². The van der Waals surface area contributed by atoms with E-state index in [0.29, 0.717) is 6.04 Å². The summed E-state index contributed by atoms with van der Waals surface area (Å²) in [6.07, 6.45) is 3.85. The van der Waals surface area contributed by atoms with Crippen LogP contribution < -0.4 is 5.32 Å². The van der Waals surface area contributed by atoms with Crippen molar-refractivity contribution in [2.75, 3.05) is 7.05 Å². The normalized spacial score (nSPS) is 12.9. The van der Waals surface area contributed by atoms with E-state index in [1.54, 1.807) is 0 Å². The van der Waals surface area contributed by atoms with Crippen LogP contribution in [0.15, 0.2) is 30.5 Å². The first kappa shape index (κ1) is 11.0. The highest BCUT2D eigenvalue weighted by molar-refractivity contribution is 5.83. The fourth-order valence-electron chi connectivity index (χ4n) is 1.92. The molecule has 0 aliphatic heterocycles. The summed E-state index contributed by atoms with van der Waals surface area (Å²) in [6.45, 7) is 2.18. The van der Waals surface area contributed by atoms with Gasteiger partial charge in [-0.05, 0) is 13.5 Å². The molecule has 0 saturated carbocycles. The van der Waals surface area contributed by atoms with E-state index >= 15 is 0 Å². The zero-order valence-electron chi connectivity index (χ0n) is 9.77. The Bertz CT molecular complexity index is 458. The molecule has 0 aliphatic carbocycles. The van der Waals surface area contributed by atoms with Crippen LogP contribution in [0.25, 0.3) is 10.8 Å². The van der Waals surface area contributed by atoms with Crippen molar-refractivity contribution in [1.82, 2.24) is 15.5 Å². The Kier molecular flexibility index (Phi) is 3.47. The van der Waals surface area contributed by atoms with E-state index in [1.807, 2.05) is 25.4 Å². The van der Waals surface area contributed by atoms with Gasteiger partial charge in [0.25, 0.3) is 0 Å². The number of nitrogens with one attached hydrogen (secondary N) is 1. The van der Waals surface area contributed by atoms with Crippen molar-refractivity contribution in [2.24, 2.45) is 0 Å². The molecule has 2 aromatic rings. The molecule has 2 rings (SSSR count). The van der Waals surface area contributed by atoms with Crippen LogP contribution >= 0.6 is 0 Å². The zero-order valence-corrected chi connectivity index (χ0v) is 9.77. The molecule has 0 saturated heterocycles. The van der Waals surface area contributed by atoms with E-state index in [-0.39, 0.29) is 0 Å². The molecule has 84 valence electrons. The largest absolute Gasteiger partial charge is 0.317 e. The first-order chi connectivity index (χ1) is 7.85. The Morgan fingerprint density at radius 3 is 2.88 bits per heavy atom. The first-order valence-corrected chi connectivity index (χ1v) is 5.71. The molecule has 1 unspecified atom stereocenters. The van der Waals surface area contributed by atoms with Crippen molar-refractivity contribution < 1.29 is 0 Å². The van der Waals surface area contributed by atoms with Crippen molar-refractivity contribution >= 4 is 10.8 Å². The second kappa shape index (κ2) is 5.03. The molecular formula is C13H17N3. The number of hydrogen-bond donors (Lipinski definition) is 1. The number of hydrogen-bond acceptors (Lipinski definition) is 3. The molecule has 0 radical (unpaired) electrons. The summed E-state index contributed by atoms with van der Waals surface area (Å²) in [7, 11) is 1.99. The molecule has 0 aliphatic rings. The summed E-state index contributed by atoms with van der Waals surface area (Å²) in [4.78, 5) is 0. The topological polar surface area (TPSA) is 37.8 Å². The van der Waals surface area contributed by atoms with Gasteiger partial charge in [0.2, 0.25) is 0 Å². The maximum absolute atomic E-state index is 4.25. The van der Waals surface area contributed by atoms with Gasteiger partial charge in [0.05, 0.1) is 11.9 Å². The Labute approximate surface area is 95.9 Å². The predicted molar refractivity (Wildman–Crippen MR) is 66.4 cm³/mol. The number of fused-ring (bicyclic) bond motifs is 1. The van der Waals surface area contributed by atoms with Crippen LogP contribution in [0.3, 0.4) is 0 Å². The molecule has 3 nitrogen and oxygen atoms in total. The minimum absolute atomic E-state index is 0.472. The molecule has 0 fully saturated rings. The molecule has 16 heavy (non-hydrogen) atoms. The highest BCUT2D eigenvalue weighted by Crippen LogP contribution is 2.16. The Balaban J connectivity index is 2.36. The SMILES string of the molecule is CCC(Cc1nncc2ccccc12)NC. The average molecular weight is 215 g/mol. The second-order valence-corrected chi connectivity index (χ2v) is 3.98. The highest BCUT2D eigenvalue weighted by Gasteiger charge is 2.09. The van der Waals surface area contributed by atoms with Crippen molar-refractivity contribution in [2.45, 2.75) is 25.8 Å². The summed E-state index contributed by atoms with van der Waals surface area (Å²) in [6, 6.07) is 8.74. The molecular weight excluding hydrogens is 198 g/mol. The third-order valence-corrected chi connectivity index (χ3v) is 2.99. The second-order valence-electron chi connectivity index (χ2n) is 3.98. The lowest BCUT2D eigenvalue weighted by atomic mass is 10.0. The van der Waals surface area contributed by atoms with E-state index in [0.717, 1.165) is 18.5 Å². The summed E-state index contributed by atoms with van der Waals surface area (Å²) in [5.41, 5.74) is 1.08. The Morgan fingerprint density at radius 1 is 1.31 bits per heavy atom. The van der Waals surface area contributed by atoms with E-state index in [1.165, 1.54) is 10.8 Å². The lowest BCUT2D eigenvalue weighted by molar-refractivity contribution is 0.537. The van der Waals surface area contributed by atoms with Gasteiger partial charge >= 0.3 is 0 Å². The molecule has 1 aromatic heterocycles. The Morgan fingerprint density at radius 2 is 2.12 bits per heavy atom. The molecule has 1 N–H and O–H groups in total. The summed E-state index contributed by atoms with van der Waals surface area (Å²) in [5, 5.41) is 14.0. The fraction of sp³-hybridized carbons (Fsp3) is 0.385. The van der Waals surface area contributed by atoms with Crippen molar-refractivity contribution in [1.29, 1.82) is 0 Å². The van der Waals surface area contributed by atoms with Gasteiger partial charge in [-0.25, -0.2) is 0 Å². The fourth-order valence-corrected chi connectivity index (χ4v) is 1.92. The van der Waals surface area contributed by atoms with Gasteiger partial charge in [-0.3, -0.25) is 0 Å². The quantitative estimate of drug-likeness (QED) is 0.849. The van der Waals surface area contributed by atoms with Gasteiger partial charge in [-0.2, -0.15) is 10.2 Å². The van der Waals surface area contributed by atoms with Crippen LogP contribution in [0.2, 0.25) is 0 Å². The summed E-state index contributed by atoms with van der Waals surface area (Å²) < 4.78 is 0. The molecule has 1 aromatic carbocycles. The number of aromatic nitrogens is 2. The number of likely N-dealkylation sites (N-methyl/N-ethyl adjacent to an activating group) is 1. The van der Waals surface area contributed by atoms with Crippen molar-refractivity contribution in [3.05, 3.63) is 36.2 Å². The smallest absolute Gasteiger partial charge is 0.0724 e. The van der Waals surface area contributed by atoms with Crippen LogP contribution in [-0.2, 0) is 6.42 Å². The van der Waals surface area contributed by atoms with Crippen LogP contribution in [0.4, 0.5) is 0 Å². The van der Waals surface area contributed by atoms with Crippen LogP contribution in [0.1, 0.15) is 19.0 Å². The monoisotopic (exact) mass is 215 g/mol. The van der Waals surface area contributed by atoms with E-state index in [2.05, 4.69) is 34.6 Å². The third-order valence-electron chi connectivity index (χ3n) is 2.99. The molecule has 0 amide bonds. The first-order valence-electron chi connectivity index (χ1n) is 5.71. The van der Waals surface area contributed by atoms with E-state index < -0.39 is 0 Å². The average Bonchev–Trinajstić information content (AvgIpc) is 2.36. The standard InChI is InChI=1S/C13H17N3/c1-3-11(14-2)8-13-12-7-5-4-6-10(12)9-15-16-13/h4-7,9,11,14H,3,8H2,1-2H3. The van der Waals surface area contributed by atoms with Crippen LogP contribution in [0, 0.1) is 0 Å². The molecule has 1 heterocycles. The zero-order chi connectivity index (χ0) is 11.4. The molecule has 0 spiro atoms. The van der Waals surface area contributed by atoms with Gasteiger partial charge in [0.1, 0.15) is 0 Å². The van der Waals surface area contributed by atoms with E-state index in [4.69, 9.17) is 0 Å². The lowest BCUT2D eigenvalue weighted by Crippen LogP contribution is -2.27. The van der Waals surface area contributed by atoms with Gasteiger partial charge in [0.15, 0.2) is 0 Å². The number of benzene rings is 1. The van der Waals surface area contributed by atoms with Gasteiger partial charge in [-0.15, -0.1) is 0 Å². The summed E-state index contributed by atoms with van der Waals surface area (Å²) >= 11 is 0. The van der Waals surface area contributed by atoms with Crippen molar-refractivity contribution in [3.63, 3.8) is 0 Å². The van der Waals surface area contributed by atoms with Gasteiger partial charge in [-0.1, -0.05) is 31.2 Å². The van der Waals surface area contributed by atoms with Gasteiger partial charge < -0.3 is 5.32 Å². The summed E-state index contributed by atoms with van der Waals surface area (Å²) in [5.74, 6) is 0. The highest BCUT2D eigenvalue weighted by atomic mass is 15.1.